The van der Waals surface area contributed by atoms with Gasteiger partial charge in [-0.05, 0) is 12.8 Å². The maximum Gasteiger partial charge on any atom is 0.230 e. The Morgan fingerprint density at radius 3 is 2.70 bits per heavy atom. The first-order valence-electron chi connectivity index (χ1n) is 7.40. The average Bonchev–Trinajstić information content (AvgIpc) is 2.71. The van der Waals surface area contributed by atoms with Crippen molar-refractivity contribution >= 4 is 22.4 Å². The van der Waals surface area contributed by atoms with Gasteiger partial charge in [0.15, 0.2) is 5.13 Å². The molecule has 1 heterocycles. The first kappa shape index (κ1) is 15.4. The van der Waals surface area contributed by atoms with Crippen molar-refractivity contribution in [2.45, 2.75) is 64.3 Å². The summed E-state index contributed by atoms with van der Waals surface area (Å²) in [6, 6.07) is -0.0143. The van der Waals surface area contributed by atoms with Gasteiger partial charge in [-0.3, -0.25) is 4.79 Å². The van der Waals surface area contributed by atoms with Gasteiger partial charge in [0.25, 0.3) is 0 Å². The maximum absolute atomic E-state index is 12.4. The molecule has 4 nitrogen and oxygen atoms in total. The van der Waals surface area contributed by atoms with E-state index in [0.29, 0.717) is 5.13 Å². The third kappa shape index (κ3) is 3.79. The number of anilines is 1. The van der Waals surface area contributed by atoms with E-state index in [-0.39, 0.29) is 23.3 Å². The van der Waals surface area contributed by atoms with Crippen LogP contribution < -0.4 is 11.1 Å². The highest BCUT2D eigenvalue weighted by atomic mass is 32.1. The summed E-state index contributed by atoms with van der Waals surface area (Å²) >= 11 is 1.49. The molecule has 2 unspecified atom stereocenters. The zero-order valence-electron chi connectivity index (χ0n) is 12.6. The lowest BCUT2D eigenvalue weighted by Gasteiger charge is -2.19. The number of thiazole rings is 1. The Hall–Kier alpha value is -0.940. The molecule has 1 amide bonds. The second kappa shape index (κ2) is 6.22. The molecule has 1 fully saturated rings. The number of aromatic nitrogens is 1. The van der Waals surface area contributed by atoms with Gasteiger partial charge in [0.05, 0.1) is 11.6 Å². The average molecular weight is 295 g/mol. The van der Waals surface area contributed by atoms with Gasteiger partial charge in [0, 0.05) is 16.8 Å². The van der Waals surface area contributed by atoms with E-state index in [1.54, 1.807) is 0 Å². The van der Waals surface area contributed by atoms with E-state index in [9.17, 15) is 4.79 Å². The van der Waals surface area contributed by atoms with Gasteiger partial charge in [-0.1, -0.05) is 40.0 Å². The Labute approximate surface area is 125 Å². The molecule has 0 saturated heterocycles. The molecule has 1 aromatic rings. The highest BCUT2D eigenvalue weighted by molar-refractivity contribution is 7.13. The zero-order valence-corrected chi connectivity index (χ0v) is 13.4. The number of nitrogens with one attached hydrogen (secondary N) is 1. The summed E-state index contributed by atoms with van der Waals surface area (Å²) < 4.78 is 0. The van der Waals surface area contributed by atoms with Crippen LogP contribution >= 0.6 is 11.3 Å². The van der Waals surface area contributed by atoms with Gasteiger partial charge < -0.3 is 11.1 Å². The van der Waals surface area contributed by atoms with Crippen LogP contribution in [0.25, 0.3) is 0 Å². The second-order valence-corrected chi connectivity index (χ2v) is 7.54. The monoisotopic (exact) mass is 295 g/mol. The van der Waals surface area contributed by atoms with E-state index < -0.39 is 0 Å². The van der Waals surface area contributed by atoms with Crippen LogP contribution in [0.5, 0.6) is 0 Å². The van der Waals surface area contributed by atoms with Crippen molar-refractivity contribution in [1.82, 2.24) is 4.98 Å². The number of amides is 1. The van der Waals surface area contributed by atoms with Crippen molar-refractivity contribution in [1.29, 1.82) is 0 Å². The molecule has 2 atom stereocenters. The Kier molecular flexibility index (Phi) is 4.81. The predicted octanol–water partition coefficient (Wildman–Crippen LogP) is 3.29. The molecule has 5 heteroatoms. The molecule has 1 saturated carbocycles. The van der Waals surface area contributed by atoms with Crippen molar-refractivity contribution in [3.05, 3.63) is 11.1 Å². The topological polar surface area (TPSA) is 68.0 Å². The van der Waals surface area contributed by atoms with Crippen molar-refractivity contribution in [3.63, 3.8) is 0 Å². The normalized spacial score (nSPS) is 24.2. The van der Waals surface area contributed by atoms with Crippen LogP contribution in [0.15, 0.2) is 5.38 Å². The fourth-order valence-corrected chi connectivity index (χ4v) is 3.48. The van der Waals surface area contributed by atoms with Crippen LogP contribution in [0.1, 0.15) is 58.6 Å². The summed E-state index contributed by atoms with van der Waals surface area (Å²) in [6.45, 7) is 6.36. The number of carbonyl (C=O) groups is 1. The van der Waals surface area contributed by atoms with Crippen LogP contribution in [0.2, 0.25) is 0 Å². The molecule has 112 valence electrons. The van der Waals surface area contributed by atoms with Gasteiger partial charge in [-0.15, -0.1) is 11.3 Å². The van der Waals surface area contributed by atoms with Crippen molar-refractivity contribution in [2.24, 2.45) is 11.7 Å². The van der Waals surface area contributed by atoms with E-state index in [1.165, 1.54) is 17.8 Å². The molecule has 0 bridgehead atoms. The Morgan fingerprint density at radius 1 is 1.35 bits per heavy atom. The number of nitrogens with zero attached hydrogens (tertiary/aromatic N) is 1. The maximum atomic E-state index is 12.4. The van der Waals surface area contributed by atoms with E-state index in [0.717, 1.165) is 31.4 Å². The number of nitrogens with two attached hydrogens (primary N) is 1. The van der Waals surface area contributed by atoms with Gasteiger partial charge in [-0.25, -0.2) is 4.98 Å². The van der Waals surface area contributed by atoms with Crippen LogP contribution in [-0.4, -0.2) is 16.9 Å². The zero-order chi connectivity index (χ0) is 14.8. The minimum absolute atomic E-state index is 0.0121. The Balaban J connectivity index is 2.01. The Morgan fingerprint density at radius 2 is 2.05 bits per heavy atom. The molecular formula is C15H25N3OS. The predicted molar refractivity (Wildman–Crippen MR) is 84.0 cm³/mol. The molecule has 20 heavy (non-hydrogen) atoms. The van der Waals surface area contributed by atoms with Crippen LogP contribution in [0.3, 0.4) is 0 Å². The fourth-order valence-electron chi connectivity index (χ4n) is 2.54. The van der Waals surface area contributed by atoms with Gasteiger partial charge in [0.2, 0.25) is 5.91 Å². The minimum Gasteiger partial charge on any atom is -0.327 e. The highest BCUT2D eigenvalue weighted by Gasteiger charge is 2.28. The summed E-state index contributed by atoms with van der Waals surface area (Å²) in [5, 5.41) is 5.66. The van der Waals surface area contributed by atoms with Crippen molar-refractivity contribution in [2.75, 3.05) is 5.32 Å². The highest BCUT2D eigenvalue weighted by Crippen LogP contribution is 2.28. The summed E-state index contributed by atoms with van der Waals surface area (Å²) in [6.07, 6.45) is 5.25. The molecule has 0 spiro atoms. The van der Waals surface area contributed by atoms with Crippen LogP contribution in [0, 0.1) is 5.92 Å². The molecule has 0 aromatic carbocycles. The van der Waals surface area contributed by atoms with Crippen molar-refractivity contribution < 1.29 is 4.79 Å². The van der Waals surface area contributed by atoms with Gasteiger partial charge in [0.1, 0.15) is 0 Å². The number of hydrogen-bond donors (Lipinski definition) is 2. The first-order valence-corrected chi connectivity index (χ1v) is 8.28. The van der Waals surface area contributed by atoms with Crippen LogP contribution in [0.4, 0.5) is 5.13 Å². The summed E-state index contributed by atoms with van der Waals surface area (Å²) in [5.74, 6) is -0.0336. The van der Waals surface area contributed by atoms with Crippen molar-refractivity contribution in [3.8, 4) is 0 Å². The van der Waals surface area contributed by atoms with E-state index >= 15 is 0 Å². The molecule has 1 aromatic heterocycles. The van der Waals surface area contributed by atoms with Gasteiger partial charge in [-0.2, -0.15) is 0 Å². The SMILES string of the molecule is CC(C)(C)c1csc(NC(=O)C2CCCCCC2N)n1. The molecule has 2 rings (SSSR count). The lowest BCUT2D eigenvalue weighted by Crippen LogP contribution is -2.37. The van der Waals surface area contributed by atoms with E-state index in [1.807, 2.05) is 5.38 Å². The second-order valence-electron chi connectivity index (χ2n) is 6.69. The first-order chi connectivity index (χ1) is 9.38. The molecule has 3 N–H and O–H groups in total. The largest absolute Gasteiger partial charge is 0.327 e. The summed E-state index contributed by atoms with van der Waals surface area (Å²) in [7, 11) is 0. The molecule has 0 radical (unpaired) electrons. The summed E-state index contributed by atoms with van der Waals surface area (Å²) in [5.41, 5.74) is 7.16. The Bertz CT molecular complexity index is 464. The van der Waals surface area contributed by atoms with Gasteiger partial charge >= 0.3 is 0 Å². The number of carbonyl (C=O) groups excluding carboxylic acids is 1. The molecular weight excluding hydrogens is 270 g/mol. The van der Waals surface area contributed by atoms with E-state index in [2.05, 4.69) is 31.1 Å². The fraction of sp³-hybridized carbons (Fsp3) is 0.733. The molecule has 1 aliphatic carbocycles. The quantitative estimate of drug-likeness (QED) is 0.823. The smallest absolute Gasteiger partial charge is 0.230 e. The van der Waals surface area contributed by atoms with Crippen LogP contribution in [-0.2, 0) is 10.2 Å². The summed E-state index contributed by atoms with van der Waals surface area (Å²) in [4.78, 5) is 16.9. The third-order valence-electron chi connectivity index (χ3n) is 3.91. The standard InChI is InChI=1S/C15H25N3OS/c1-15(2,3)12-9-20-14(17-12)18-13(19)10-7-5-4-6-8-11(10)16/h9-11H,4-8,16H2,1-3H3,(H,17,18,19). The lowest BCUT2D eigenvalue weighted by atomic mass is 9.93. The number of hydrogen-bond acceptors (Lipinski definition) is 4. The third-order valence-corrected chi connectivity index (χ3v) is 4.67. The number of rotatable bonds is 2. The molecule has 0 aliphatic heterocycles. The lowest BCUT2D eigenvalue weighted by molar-refractivity contribution is -0.120. The van der Waals surface area contributed by atoms with E-state index in [4.69, 9.17) is 5.73 Å². The minimum atomic E-state index is -0.0699. The molecule has 1 aliphatic rings.